The van der Waals surface area contributed by atoms with Crippen molar-refractivity contribution < 1.29 is 9.50 Å². The molecule has 1 saturated carbocycles. The van der Waals surface area contributed by atoms with E-state index in [0.29, 0.717) is 11.5 Å². The fraction of sp³-hybridized carbons (Fsp3) is 0.250. The van der Waals surface area contributed by atoms with Crippen LogP contribution in [0.4, 0.5) is 4.39 Å². The number of halogens is 1. The van der Waals surface area contributed by atoms with Crippen molar-refractivity contribution in [2.24, 2.45) is 0 Å². The fourth-order valence-corrected chi connectivity index (χ4v) is 2.44. The van der Waals surface area contributed by atoms with E-state index in [1.54, 1.807) is 0 Å². The van der Waals surface area contributed by atoms with Gasteiger partial charge in [0.1, 0.15) is 11.6 Å². The standard InChI is InChI=1S/C16H15FO/c17-14-7-8-16(18)15(10-14)13-6-2-5-12(9-13)11-3-1-4-11/h2,5-11,18H,1,3-4H2. The van der Waals surface area contributed by atoms with Gasteiger partial charge in [-0.05, 0) is 48.1 Å². The first kappa shape index (κ1) is 11.3. The summed E-state index contributed by atoms with van der Waals surface area (Å²) in [5, 5.41) is 9.82. The van der Waals surface area contributed by atoms with Gasteiger partial charge in [-0.15, -0.1) is 0 Å². The fourth-order valence-electron chi connectivity index (χ4n) is 2.44. The summed E-state index contributed by atoms with van der Waals surface area (Å²) in [4.78, 5) is 0. The molecular weight excluding hydrogens is 227 g/mol. The third-order valence-corrected chi connectivity index (χ3v) is 3.73. The molecule has 2 aromatic rings. The summed E-state index contributed by atoms with van der Waals surface area (Å²) in [6, 6.07) is 12.1. The number of hydrogen-bond donors (Lipinski definition) is 1. The first-order chi connectivity index (χ1) is 8.74. The van der Waals surface area contributed by atoms with Gasteiger partial charge in [-0.2, -0.15) is 0 Å². The third-order valence-electron chi connectivity index (χ3n) is 3.73. The highest BCUT2D eigenvalue weighted by Gasteiger charge is 2.19. The molecule has 18 heavy (non-hydrogen) atoms. The molecule has 0 atom stereocenters. The highest BCUT2D eigenvalue weighted by atomic mass is 19.1. The van der Waals surface area contributed by atoms with E-state index in [1.807, 2.05) is 12.1 Å². The van der Waals surface area contributed by atoms with Gasteiger partial charge < -0.3 is 5.11 Å². The van der Waals surface area contributed by atoms with Crippen molar-refractivity contribution in [3.63, 3.8) is 0 Å². The first-order valence-electron chi connectivity index (χ1n) is 6.33. The van der Waals surface area contributed by atoms with Crippen LogP contribution in [0, 0.1) is 5.82 Å². The molecule has 1 fully saturated rings. The molecule has 0 bridgehead atoms. The van der Waals surface area contributed by atoms with Crippen LogP contribution in [0.2, 0.25) is 0 Å². The second-order valence-electron chi connectivity index (χ2n) is 4.91. The minimum absolute atomic E-state index is 0.127. The zero-order valence-electron chi connectivity index (χ0n) is 10.1. The van der Waals surface area contributed by atoms with Gasteiger partial charge in [-0.3, -0.25) is 0 Å². The molecule has 0 saturated heterocycles. The molecule has 0 heterocycles. The largest absolute Gasteiger partial charge is 0.507 e. The Hall–Kier alpha value is -1.83. The van der Waals surface area contributed by atoms with Crippen LogP contribution in [-0.2, 0) is 0 Å². The first-order valence-corrected chi connectivity index (χ1v) is 6.33. The maximum Gasteiger partial charge on any atom is 0.124 e. The molecule has 92 valence electrons. The van der Waals surface area contributed by atoms with Crippen molar-refractivity contribution in [1.29, 1.82) is 0 Å². The van der Waals surface area contributed by atoms with E-state index >= 15 is 0 Å². The second-order valence-corrected chi connectivity index (χ2v) is 4.91. The Balaban J connectivity index is 2.02. The van der Waals surface area contributed by atoms with Crippen molar-refractivity contribution in [1.82, 2.24) is 0 Å². The van der Waals surface area contributed by atoms with Crippen LogP contribution in [0.15, 0.2) is 42.5 Å². The number of benzene rings is 2. The third kappa shape index (κ3) is 1.99. The number of rotatable bonds is 2. The van der Waals surface area contributed by atoms with Gasteiger partial charge in [-0.25, -0.2) is 4.39 Å². The Labute approximate surface area is 106 Å². The summed E-state index contributed by atoms with van der Waals surface area (Å²) in [7, 11) is 0. The normalized spacial score (nSPS) is 15.4. The van der Waals surface area contributed by atoms with Gasteiger partial charge in [0.2, 0.25) is 0 Å². The molecule has 1 nitrogen and oxygen atoms in total. The molecule has 0 aliphatic heterocycles. The quantitative estimate of drug-likeness (QED) is 0.824. The van der Waals surface area contributed by atoms with E-state index in [-0.39, 0.29) is 11.6 Å². The van der Waals surface area contributed by atoms with Gasteiger partial charge in [0.25, 0.3) is 0 Å². The van der Waals surface area contributed by atoms with E-state index in [2.05, 4.69) is 12.1 Å². The minimum Gasteiger partial charge on any atom is -0.507 e. The molecule has 0 radical (unpaired) electrons. The van der Waals surface area contributed by atoms with E-state index in [1.165, 1.54) is 43.0 Å². The van der Waals surface area contributed by atoms with E-state index < -0.39 is 0 Å². The van der Waals surface area contributed by atoms with Crippen molar-refractivity contribution in [2.45, 2.75) is 25.2 Å². The molecular formula is C16H15FO. The number of hydrogen-bond acceptors (Lipinski definition) is 1. The second kappa shape index (κ2) is 4.45. The molecule has 3 rings (SSSR count). The monoisotopic (exact) mass is 242 g/mol. The van der Waals surface area contributed by atoms with Crippen molar-refractivity contribution >= 4 is 0 Å². The molecule has 1 aliphatic rings. The maximum absolute atomic E-state index is 13.3. The highest BCUT2D eigenvalue weighted by Crippen LogP contribution is 2.38. The Bertz CT molecular complexity index is 573. The maximum atomic E-state index is 13.3. The summed E-state index contributed by atoms with van der Waals surface area (Å²) in [6.07, 6.45) is 3.76. The molecule has 0 unspecified atom stereocenters. The summed E-state index contributed by atoms with van der Waals surface area (Å²) in [5.41, 5.74) is 2.75. The van der Waals surface area contributed by atoms with Gasteiger partial charge in [0.05, 0.1) is 0 Å². The predicted octanol–water partition coefficient (Wildman–Crippen LogP) is 4.47. The molecule has 2 aromatic carbocycles. The van der Waals surface area contributed by atoms with Crippen LogP contribution in [0.25, 0.3) is 11.1 Å². The lowest BCUT2D eigenvalue weighted by Crippen LogP contribution is -2.08. The Kier molecular flexibility index (Phi) is 2.78. The average molecular weight is 242 g/mol. The Morgan fingerprint density at radius 3 is 2.61 bits per heavy atom. The van der Waals surface area contributed by atoms with Crippen LogP contribution >= 0.6 is 0 Å². The average Bonchev–Trinajstić information content (AvgIpc) is 2.30. The van der Waals surface area contributed by atoms with Crippen molar-refractivity contribution in [2.75, 3.05) is 0 Å². The molecule has 1 N–H and O–H groups in total. The molecule has 0 amide bonds. The molecule has 0 spiro atoms. The molecule has 0 aromatic heterocycles. The summed E-state index contributed by atoms with van der Waals surface area (Å²) in [5.74, 6) is 0.444. The smallest absolute Gasteiger partial charge is 0.124 e. The molecule has 1 aliphatic carbocycles. The molecule has 2 heteroatoms. The van der Waals surface area contributed by atoms with Gasteiger partial charge in [0.15, 0.2) is 0 Å². The van der Waals surface area contributed by atoms with E-state index in [4.69, 9.17) is 0 Å². The van der Waals surface area contributed by atoms with Gasteiger partial charge in [-0.1, -0.05) is 30.7 Å². The minimum atomic E-state index is -0.322. The zero-order chi connectivity index (χ0) is 12.5. The SMILES string of the molecule is Oc1ccc(F)cc1-c1cccc(C2CCC2)c1. The Morgan fingerprint density at radius 1 is 1.06 bits per heavy atom. The van der Waals surface area contributed by atoms with E-state index in [0.717, 1.165) is 5.56 Å². The van der Waals surface area contributed by atoms with Crippen LogP contribution < -0.4 is 0 Å². The van der Waals surface area contributed by atoms with Crippen LogP contribution in [0.5, 0.6) is 5.75 Å². The van der Waals surface area contributed by atoms with Gasteiger partial charge >= 0.3 is 0 Å². The van der Waals surface area contributed by atoms with Crippen molar-refractivity contribution in [3.05, 3.63) is 53.8 Å². The van der Waals surface area contributed by atoms with Crippen LogP contribution in [0.3, 0.4) is 0 Å². The van der Waals surface area contributed by atoms with Crippen molar-refractivity contribution in [3.8, 4) is 16.9 Å². The Morgan fingerprint density at radius 2 is 1.89 bits per heavy atom. The zero-order valence-corrected chi connectivity index (χ0v) is 10.1. The summed E-state index contributed by atoms with van der Waals surface area (Å²) >= 11 is 0. The number of aromatic hydroxyl groups is 1. The highest BCUT2D eigenvalue weighted by molar-refractivity contribution is 5.70. The van der Waals surface area contributed by atoms with Crippen LogP contribution in [0.1, 0.15) is 30.7 Å². The lowest BCUT2D eigenvalue weighted by atomic mass is 9.79. The summed E-state index contributed by atoms with van der Waals surface area (Å²) in [6.45, 7) is 0. The number of phenolic OH excluding ortho intramolecular Hbond substituents is 1. The summed E-state index contributed by atoms with van der Waals surface area (Å²) < 4.78 is 13.3. The van der Waals surface area contributed by atoms with Crippen LogP contribution in [-0.4, -0.2) is 5.11 Å². The van der Waals surface area contributed by atoms with Gasteiger partial charge in [0, 0.05) is 5.56 Å². The lowest BCUT2D eigenvalue weighted by molar-refractivity contribution is 0.420. The predicted molar refractivity (Wildman–Crippen MR) is 70.1 cm³/mol. The lowest BCUT2D eigenvalue weighted by Gasteiger charge is -2.26. The topological polar surface area (TPSA) is 20.2 Å². The van der Waals surface area contributed by atoms with E-state index in [9.17, 15) is 9.50 Å². The number of phenols is 1.